The van der Waals surface area contributed by atoms with Crippen LogP contribution in [0.1, 0.15) is 27.2 Å². The van der Waals surface area contributed by atoms with Gasteiger partial charge in [0.1, 0.15) is 11.8 Å². The Hall–Kier alpha value is -1.71. The van der Waals surface area contributed by atoms with Gasteiger partial charge >= 0.3 is 5.97 Å². The molecule has 0 saturated heterocycles. The summed E-state index contributed by atoms with van der Waals surface area (Å²) in [6, 6.07) is 6.20. The number of anilines is 1. The zero-order valence-electron chi connectivity index (χ0n) is 10.4. The zero-order valence-corrected chi connectivity index (χ0v) is 10.4. The third kappa shape index (κ3) is 2.90. The number of phenols is 1. The monoisotopic (exact) mass is 237 g/mol. The van der Waals surface area contributed by atoms with Crippen molar-refractivity contribution in [3.05, 3.63) is 24.3 Å². The first-order valence-electron chi connectivity index (χ1n) is 5.78. The van der Waals surface area contributed by atoms with E-state index in [4.69, 9.17) is 0 Å². The predicted molar refractivity (Wildman–Crippen MR) is 67.4 cm³/mol. The first kappa shape index (κ1) is 13.4. The van der Waals surface area contributed by atoms with E-state index >= 15 is 0 Å². The minimum absolute atomic E-state index is 0.00403. The van der Waals surface area contributed by atoms with E-state index < -0.39 is 12.0 Å². The lowest BCUT2D eigenvalue weighted by Crippen LogP contribution is -2.45. The van der Waals surface area contributed by atoms with Crippen LogP contribution in [0.4, 0.5) is 5.69 Å². The second-order valence-corrected chi connectivity index (χ2v) is 4.25. The molecule has 1 rings (SSSR count). The van der Waals surface area contributed by atoms with Crippen molar-refractivity contribution in [2.45, 2.75) is 39.3 Å². The molecule has 2 N–H and O–H groups in total. The summed E-state index contributed by atoms with van der Waals surface area (Å²) in [7, 11) is 0. The van der Waals surface area contributed by atoms with E-state index in [0.717, 1.165) is 0 Å². The molecule has 94 valence electrons. The molecule has 1 aromatic rings. The van der Waals surface area contributed by atoms with Gasteiger partial charge in [0.05, 0.1) is 5.69 Å². The van der Waals surface area contributed by atoms with E-state index in [1.165, 1.54) is 0 Å². The molecule has 1 aromatic carbocycles. The summed E-state index contributed by atoms with van der Waals surface area (Å²) in [5, 5.41) is 19.0. The quantitative estimate of drug-likeness (QED) is 0.826. The summed E-state index contributed by atoms with van der Waals surface area (Å²) in [5.41, 5.74) is 0.566. The van der Waals surface area contributed by atoms with Crippen molar-refractivity contribution in [2.24, 2.45) is 0 Å². The highest BCUT2D eigenvalue weighted by atomic mass is 16.4. The van der Waals surface area contributed by atoms with Gasteiger partial charge in [-0.3, -0.25) is 0 Å². The Labute approximate surface area is 101 Å². The Morgan fingerprint density at radius 1 is 1.35 bits per heavy atom. The van der Waals surface area contributed by atoms with Crippen LogP contribution in [0.25, 0.3) is 0 Å². The molecule has 4 nitrogen and oxygen atoms in total. The smallest absolute Gasteiger partial charge is 0.326 e. The summed E-state index contributed by atoms with van der Waals surface area (Å²) in [6.45, 7) is 5.66. The fraction of sp³-hybridized carbons (Fsp3) is 0.462. The lowest BCUT2D eigenvalue weighted by atomic mass is 10.1. The van der Waals surface area contributed by atoms with Crippen molar-refractivity contribution in [1.82, 2.24) is 0 Å². The summed E-state index contributed by atoms with van der Waals surface area (Å²) < 4.78 is 0. The maximum absolute atomic E-state index is 11.2. The van der Waals surface area contributed by atoms with Gasteiger partial charge in [-0.15, -0.1) is 0 Å². The third-order valence-corrected chi connectivity index (χ3v) is 2.72. The molecular weight excluding hydrogens is 218 g/mol. The van der Waals surface area contributed by atoms with Gasteiger partial charge in [0.25, 0.3) is 0 Å². The number of benzene rings is 1. The lowest BCUT2D eigenvalue weighted by molar-refractivity contribution is -0.138. The first-order valence-corrected chi connectivity index (χ1v) is 5.78. The van der Waals surface area contributed by atoms with Crippen LogP contribution < -0.4 is 4.90 Å². The van der Waals surface area contributed by atoms with Crippen LogP contribution in [0.5, 0.6) is 5.75 Å². The minimum atomic E-state index is -0.871. The van der Waals surface area contributed by atoms with E-state index in [9.17, 15) is 15.0 Å². The molecule has 0 amide bonds. The number of carboxylic acid groups (broad SMARTS) is 1. The average molecular weight is 237 g/mol. The van der Waals surface area contributed by atoms with E-state index in [2.05, 4.69) is 0 Å². The number of phenolic OH excluding ortho intramolecular Hbond substituents is 1. The van der Waals surface area contributed by atoms with Crippen LogP contribution in [-0.2, 0) is 4.79 Å². The Bertz CT molecular complexity index is 390. The molecule has 4 heteroatoms. The van der Waals surface area contributed by atoms with Crippen molar-refractivity contribution < 1.29 is 15.0 Å². The molecule has 0 fully saturated rings. The number of carbonyl (C=O) groups is 1. The van der Waals surface area contributed by atoms with Crippen LogP contribution >= 0.6 is 0 Å². The highest BCUT2D eigenvalue weighted by Gasteiger charge is 2.27. The Morgan fingerprint density at radius 2 is 1.94 bits per heavy atom. The van der Waals surface area contributed by atoms with Crippen molar-refractivity contribution >= 4 is 11.7 Å². The SMILES string of the molecule is CCC(C(=O)O)N(c1ccccc1O)C(C)C. The lowest BCUT2D eigenvalue weighted by Gasteiger charge is -2.34. The fourth-order valence-electron chi connectivity index (χ4n) is 1.98. The van der Waals surface area contributed by atoms with Crippen LogP contribution in [0.3, 0.4) is 0 Å². The molecule has 0 radical (unpaired) electrons. The molecule has 0 aliphatic carbocycles. The van der Waals surface area contributed by atoms with E-state index in [-0.39, 0.29) is 11.8 Å². The molecule has 0 aliphatic rings. The van der Waals surface area contributed by atoms with Gasteiger partial charge in [-0.05, 0) is 32.4 Å². The first-order chi connectivity index (χ1) is 7.99. The zero-order chi connectivity index (χ0) is 13.0. The molecule has 0 aliphatic heterocycles. The van der Waals surface area contributed by atoms with Crippen LogP contribution in [0, 0.1) is 0 Å². The number of para-hydroxylation sites is 2. The normalized spacial score (nSPS) is 12.5. The summed E-state index contributed by atoms with van der Waals surface area (Å²) in [6.07, 6.45) is 0.488. The van der Waals surface area contributed by atoms with E-state index in [0.29, 0.717) is 12.1 Å². The Balaban J connectivity index is 3.18. The van der Waals surface area contributed by atoms with Gasteiger partial charge in [-0.2, -0.15) is 0 Å². The number of hydrogen-bond donors (Lipinski definition) is 2. The van der Waals surface area contributed by atoms with Gasteiger partial charge in [-0.1, -0.05) is 19.1 Å². The third-order valence-electron chi connectivity index (χ3n) is 2.72. The second kappa shape index (κ2) is 5.57. The Morgan fingerprint density at radius 3 is 2.35 bits per heavy atom. The average Bonchev–Trinajstić information content (AvgIpc) is 2.26. The molecule has 1 unspecified atom stereocenters. The standard InChI is InChI=1S/C13H19NO3/c1-4-10(13(16)17)14(9(2)3)11-7-5-6-8-12(11)15/h5-10,15H,4H2,1-3H3,(H,16,17). The maximum atomic E-state index is 11.2. The summed E-state index contributed by atoms with van der Waals surface area (Å²) in [4.78, 5) is 13.0. The summed E-state index contributed by atoms with van der Waals surface area (Å²) in [5.74, 6) is -0.759. The molecule has 17 heavy (non-hydrogen) atoms. The van der Waals surface area contributed by atoms with Gasteiger partial charge in [0, 0.05) is 6.04 Å². The number of nitrogens with zero attached hydrogens (tertiary/aromatic N) is 1. The van der Waals surface area contributed by atoms with Crippen molar-refractivity contribution in [1.29, 1.82) is 0 Å². The van der Waals surface area contributed by atoms with Gasteiger partial charge in [-0.25, -0.2) is 4.79 Å². The molecule has 1 atom stereocenters. The minimum Gasteiger partial charge on any atom is -0.506 e. The number of aliphatic carboxylic acids is 1. The number of hydrogen-bond acceptors (Lipinski definition) is 3. The molecule has 0 heterocycles. The maximum Gasteiger partial charge on any atom is 0.326 e. The molecule has 0 spiro atoms. The van der Waals surface area contributed by atoms with Crippen molar-refractivity contribution in [3.63, 3.8) is 0 Å². The van der Waals surface area contributed by atoms with Crippen LogP contribution in [0.15, 0.2) is 24.3 Å². The highest BCUT2D eigenvalue weighted by molar-refractivity contribution is 5.79. The highest BCUT2D eigenvalue weighted by Crippen LogP contribution is 2.30. The topological polar surface area (TPSA) is 60.8 Å². The predicted octanol–water partition coefficient (Wildman–Crippen LogP) is 2.47. The van der Waals surface area contributed by atoms with Gasteiger partial charge < -0.3 is 15.1 Å². The number of aromatic hydroxyl groups is 1. The van der Waals surface area contributed by atoms with Crippen molar-refractivity contribution in [2.75, 3.05) is 4.90 Å². The summed E-state index contributed by atoms with van der Waals surface area (Å²) >= 11 is 0. The van der Waals surface area contributed by atoms with E-state index in [1.54, 1.807) is 29.2 Å². The largest absolute Gasteiger partial charge is 0.506 e. The molecular formula is C13H19NO3. The number of carboxylic acids is 1. The second-order valence-electron chi connectivity index (χ2n) is 4.25. The van der Waals surface area contributed by atoms with Crippen LogP contribution in [-0.4, -0.2) is 28.3 Å². The number of rotatable bonds is 5. The molecule has 0 bridgehead atoms. The molecule has 0 aromatic heterocycles. The van der Waals surface area contributed by atoms with Gasteiger partial charge in [0.15, 0.2) is 0 Å². The van der Waals surface area contributed by atoms with E-state index in [1.807, 2.05) is 20.8 Å². The van der Waals surface area contributed by atoms with Crippen molar-refractivity contribution in [3.8, 4) is 5.75 Å². The van der Waals surface area contributed by atoms with Crippen LogP contribution in [0.2, 0.25) is 0 Å². The Kier molecular flexibility index (Phi) is 4.37. The fourth-order valence-corrected chi connectivity index (χ4v) is 1.98. The van der Waals surface area contributed by atoms with Gasteiger partial charge in [0.2, 0.25) is 0 Å². The molecule has 0 saturated carbocycles.